The molecule has 0 saturated carbocycles. The average molecular weight is 435 g/mol. The van der Waals surface area contributed by atoms with Gasteiger partial charge in [0.25, 0.3) is 0 Å². The maximum Gasteiger partial charge on any atom is 0.231 e. The lowest BCUT2D eigenvalue weighted by Crippen LogP contribution is -2.19. The summed E-state index contributed by atoms with van der Waals surface area (Å²) in [7, 11) is 0. The van der Waals surface area contributed by atoms with Crippen molar-refractivity contribution in [3.63, 3.8) is 0 Å². The Kier molecular flexibility index (Phi) is 5.66. The van der Waals surface area contributed by atoms with Crippen molar-refractivity contribution in [3.8, 4) is 11.5 Å². The second-order valence-electron chi connectivity index (χ2n) is 6.03. The van der Waals surface area contributed by atoms with Crippen LogP contribution in [0.1, 0.15) is 12.5 Å². The van der Waals surface area contributed by atoms with Gasteiger partial charge in [-0.1, -0.05) is 29.3 Å². The molecule has 0 aromatic heterocycles. The van der Waals surface area contributed by atoms with Crippen LogP contribution in [0.15, 0.2) is 58.3 Å². The third-order valence-corrected chi connectivity index (χ3v) is 5.25. The lowest BCUT2D eigenvalue weighted by atomic mass is 10.2. The van der Waals surface area contributed by atoms with Crippen LogP contribution in [0.4, 0.5) is 5.69 Å². The predicted molar refractivity (Wildman–Crippen MR) is 116 cm³/mol. The molecule has 0 fully saturated rings. The Labute approximate surface area is 176 Å². The van der Waals surface area contributed by atoms with Gasteiger partial charge in [-0.3, -0.25) is 0 Å². The minimum atomic E-state index is 0.280. The van der Waals surface area contributed by atoms with E-state index >= 15 is 0 Å². The highest BCUT2D eigenvalue weighted by atomic mass is 35.5. The predicted octanol–water partition coefficient (Wildman–Crippen LogP) is 5.24. The van der Waals surface area contributed by atoms with Gasteiger partial charge < -0.3 is 20.1 Å². The van der Waals surface area contributed by atoms with E-state index in [-0.39, 0.29) is 6.79 Å². The number of anilines is 1. The molecule has 28 heavy (non-hydrogen) atoms. The van der Waals surface area contributed by atoms with Crippen molar-refractivity contribution in [2.75, 3.05) is 12.1 Å². The number of hydrogen-bond acceptors (Lipinski definition) is 6. The molecule has 0 saturated heterocycles. The molecule has 2 aliphatic rings. The van der Waals surface area contributed by atoms with E-state index in [0.29, 0.717) is 21.8 Å². The molecule has 144 valence electrons. The molecule has 6 nitrogen and oxygen atoms in total. The molecule has 9 heteroatoms. The largest absolute Gasteiger partial charge is 0.454 e. The van der Waals surface area contributed by atoms with E-state index < -0.39 is 0 Å². The Morgan fingerprint density at radius 2 is 2.04 bits per heavy atom. The van der Waals surface area contributed by atoms with Gasteiger partial charge in [-0.2, -0.15) is 4.99 Å². The summed E-state index contributed by atoms with van der Waals surface area (Å²) in [4.78, 5) is 8.69. The molecule has 4 rings (SSSR count). The van der Waals surface area contributed by atoms with E-state index in [1.54, 1.807) is 18.3 Å². The smallest absolute Gasteiger partial charge is 0.231 e. The molecule has 0 bridgehead atoms. The van der Waals surface area contributed by atoms with Crippen molar-refractivity contribution in [3.05, 3.63) is 63.9 Å². The van der Waals surface area contributed by atoms with Gasteiger partial charge in [-0.15, -0.1) is 0 Å². The number of hydrogen-bond donors (Lipinski definition) is 2. The second kappa shape index (κ2) is 8.34. The molecular formula is C19H16Cl2N4O2S. The van der Waals surface area contributed by atoms with Crippen LogP contribution in [0.3, 0.4) is 0 Å². The second-order valence-corrected chi connectivity index (χ2v) is 7.83. The first kappa shape index (κ1) is 19.0. The zero-order chi connectivity index (χ0) is 19.5. The summed E-state index contributed by atoms with van der Waals surface area (Å²) in [6, 6.07) is 11.2. The Hall–Kier alpha value is -2.35. The summed E-state index contributed by atoms with van der Waals surface area (Å²) in [6.45, 7) is 2.90. The number of thioether (sulfide) groups is 1. The number of ether oxygens (including phenoxy) is 2. The van der Waals surface area contributed by atoms with Gasteiger partial charge in [0.05, 0.1) is 10.7 Å². The lowest BCUT2D eigenvalue weighted by Gasteiger charge is -2.16. The first-order valence-corrected chi connectivity index (χ1v) is 10.00. The van der Waals surface area contributed by atoms with Crippen LogP contribution in [-0.4, -0.2) is 17.1 Å². The Morgan fingerprint density at radius 3 is 2.86 bits per heavy atom. The van der Waals surface area contributed by atoms with E-state index in [9.17, 15) is 0 Å². The minimum absolute atomic E-state index is 0.280. The summed E-state index contributed by atoms with van der Waals surface area (Å²) >= 11 is 13.5. The number of aliphatic imine (C=N–C) groups is 2. The Morgan fingerprint density at radius 1 is 1.21 bits per heavy atom. The zero-order valence-electron chi connectivity index (χ0n) is 14.8. The van der Waals surface area contributed by atoms with E-state index in [2.05, 4.69) is 20.6 Å². The van der Waals surface area contributed by atoms with Crippen molar-refractivity contribution >= 4 is 51.0 Å². The molecule has 2 N–H and O–H groups in total. The van der Waals surface area contributed by atoms with Gasteiger partial charge >= 0.3 is 0 Å². The molecule has 2 heterocycles. The maximum atomic E-state index is 6.14. The normalized spacial score (nSPS) is 16.6. The van der Waals surface area contributed by atoms with Crippen molar-refractivity contribution in [1.82, 2.24) is 5.32 Å². The van der Waals surface area contributed by atoms with E-state index in [0.717, 1.165) is 33.6 Å². The lowest BCUT2D eigenvalue weighted by molar-refractivity contribution is 0.174. The minimum Gasteiger partial charge on any atom is -0.454 e. The third-order valence-electron chi connectivity index (χ3n) is 3.93. The Balaban J connectivity index is 1.29. The van der Waals surface area contributed by atoms with Gasteiger partial charge in [0.15, 0.2) is 21.8 Å². The van der Waals surface area contributed by atoms with Crippen LogP contribution < -0.4 is 20.1 Å². The first-order valence-electron chi connectivity index (χ1n) is 8.42. The van der Waals surface area contributed by atoms with Crippen molar-refractivity contribution in [1.29, 1.82) is 0 Å². The number of rotatable bonds is 5. The maximum absolute atomic E-state index is 6.14. The molecule has 0 aliphatic carbocycles. The van der Waals surface area contributed by atoms with Gasteiger partial charge in [-0.05, 0) is 54.6 Å². The van der Waals surface area contributed by atoms with E-state index in [1.165, 1.54) is 11.8 Å². The summed E-state index contributed by atoms with van der Waals surface area (Å²) in [6.07, 6.45) is 1.75. The number of benzene rings is 2. The van der Waals surface area contributed by atoms with Crippen molar-refractivity contribution < 1.29 is 9.47 Å². The first-order chi connectivity index (χ1) is 13.6. The number of amidine groups is 2. The number of nitrogens with one attached hydrogen (secondary N) is 2. The highest BCUT2D eigenvalue weighted by Crippen LogP contribution is 2.32. The number of allylic oxidation sites excluding steroid dienone is 1. The standard InChI is InChI=1S/C19H16Cl2N4O2S/c1-11(22-9-12-2-5-16-17(6-12)27-10-26-16)8-23-18-25-19(28-18)24-15-4-3-13(20)7-14(15)21/h2-8,22H,9-10H2,1H3,(H,23,24,25)/b11-8+. The van der Waals surface area contributed by atoms with E-state index in [4.69, 9.17) is 32.7 Å². The highest BCUT2D eigenvalue weighted by Gasteiger charge is 2.18. The van der Waals surface area contributed by atoms with Crippen LogP contribution in [0.5, 0.6) is 11.5 Å². The molecular weight excluding hydrogens is 419 g/mol. The van der Waals surface area contributed by atoms with Gasteiger partial charge in [0.1, 0.15) is 0 Å². The fourth-order valence-electron chi connectivity index (χ4n) is 2.48. The zero-order valence-corrected chi connectivity index (χ0v) is 17.2. The van der Waals surface area contributed by atoms with E-state index in [1.807, 2.05) is 31.2 Å². The quantitative estimate of drug-likeness (QED) is 0.672. The number of nitrogens with zero attached hydrogens (tertiary/aromatic N) is 2. The van der Waals surface area contributed by atoms with Crippen LogP contribution >= 0.6 is 35.0 Å². The topological polar surface area (TPSA) is 67.2 Å². The summed E-state index contributed by atoms with van der Waals surface area (Å²) in [5.41, 5.74) is 2.80. The number of fused-ring (bicyclic) bond motifs is 1. The van der Waals surface area contributed by atoms with Crippen LogP contribution in [-0.2, 0) is 6.54 Å². The Bertz CT molecular complexity index is 1010. The average Bonchev–Trinajstić information content (AvgIpc) is 3.11. The molecule has 2 aromatic rings. The molecule has 0 unspecified atom stereocenters. The van der Waals surface area contributed by atoms with Gasteiger partial charge in [-0.25, -0.2) is 4.99 Å². The van der Waals surface area contributed by atoms with Gasteiger partial charge in [0.2, 0.25) is 6.79 Å². The highest BCUT2D eigenvalue weighted by molar-refractivity contribution is 8.29. The molecule has 2 aromatic carbocycles. The summed E-state index contributed by atoms with van der Waals surface area (Å²) < 4.78 is 10.7. The summed E-state index contributed by atoms with van der Waals surface area (Å²) in [5.74, 6) is 1.56. The van der Waals surface area contributed by atoms with Crippen LogP contribution in [0, 0.1) is 0 Å². The fraction of sp³-hybridized carbons (Fsp3) is 0.158. The molecule has 0 atom stereocenters. The number of halogens is 2. The van der Waals surface area contributed by atoms with Crippen molar-refractivity contribution in [2.24, 2.45) is 9.98 Å². The summed E-state index contributed by atoms with van der Waals surface area (Å²) in [5, 5.41) is 9.01. The van der Waals surface area contributed by atoms with Crippen molar-refractivity contribution in [2.45, 2.75) is 13.5 Å². The van der Waals surface area contributed by atoms with Gasteiger partial charge in [0, 0.05) is 23.5 Å². The molecule has 0 spiro atoms. The third kappa shape index (κ3) is 4.55. The molecule has 0 amide bonds. The molecule has 0 radical (unpaired) electrons. The van der Waals surface area contributed by atoms with Crippen LogP contribution in [0.2, 0.25) is 10.0 Å². The fourth-order valence-corrected chi connectivity index (χ4v) is 3.52. The molecule has 2 aliphatic heterocycles. The SMILES string of the molecule is C/C(=C\N=C1N=C(Nc2ccc(Cl)cc2Cl)S1)NCc1ccc2c(c1)OCO2. The monoisotopic (exact) mass is 434 g/mol. The van der Waals surface area contributed by atoms with Crippen LogP contribution in [0.25, 0.3) is 0 Å².